The van der Waals surface area contributed by atoms with Gasteiger partial charge >= 0.3 is 0 Å². The first-order valence-corrected chi connectivity index (χ1v) is 6.61. The number of rotatable bonds is 10. The molecule has 0 fully saturated rings. The lowest BCUT2D eigenvalue weighted by Gasteiger charge is -2.27. The van der Waals surface area contributed by atoms with Crippen LogP contribution in [-0.4, -0.2) is 50.8 Å². The van der Waals surface area contributed by atoms with Gasteiger partial charge in [0.25, 0.3) is 0 Å². The van der Waals surface area contributed by atoms with Crippen LogP contribution in [0.25, 0.3) is 0 Å². The molecule has 0 amide bonds. The van der Waals surface area contributed by atoms with Crippen molar-refractivity contribution in [2.45, 2.75) is 40.2 Å². The average Bonchev–Trinajstić information content (AvgIpc) is 2.24. The van der Waals surface area contributed by atoms with E-state index in [1.54, 1.807) is 0 Å². The zero-order valence-electron chi connectivity index (χ0n) is 11.8. The third kappa shape index (κ3) is 8.08. The molecule has 3 nitrogen and oxygen atoms in total. The van der Waals surface area contributed by atoms with Crippen LogP contribution in [0.3, 0.4) is 0 Å². The Morgan fingerprint density at radius 2 is 1.94 bits per heavy atom. The molecule has 1 N–H and O–H groups in total. The largest absolute Gasteiger partial charge is 0.380 e. The second kappa shape index (κ2) is 10.1. The van der Waals surface area contributed by atoms with Crippen LogP contribution in [0.4, 0.5) is 0 Å². The second-order valence-electron chi connectivity index (χ2n) is 4.76. The molecule has 1 atom stereocenters. The van der Waals surface area contributed by atoms with E-state index < -0.39 is 0 Å². The van der Waals surface area contributed by atoms with E-state index in [1.807, 2.05) is 6.92 Å². The molecule has 0 aliphatic rings. The number of nitrogens with zero attached hydrogens (tertiary/aromatic N) is 1. The zero-order chi connectivity index (χ0) is 12.4. The van der Waals surface area contributed by atoms with Gasteiger partial charge in [0, 0.05) is 25.7 Å². The molecule has 0 bridgehead atoms. The van der Waals surface area contributed by atoms with Crippen molar-refractivity contribution in [3.8, 4) is 0 Å². The molecule has 1 unspecified atom stereocenters. The zero-order valence-corrected chi connectivity index (χ0v) is 11.8. The van der Waals surface area contributed by atoms with Gasteiger partial charge in [0.15, 0.2) is 0 Å². The Kier molecular flexibility index (Phi) is 9.99. The van der Waals surface area contributed by atoms with Crippen LogP contribution < -0.4 is 5.32 Å². The standard InChI is InChI=1S/C13H30N2O/c1-6-8-14-13(12(3)4)11-15(5)9-10-16-7-2/h12-14H,6-11H2,1-5H3. The molecule has 0 saturated carbocycles. The Labute approximate surface area is 102 Å². The Bertz CT molecular complexity index is 151. The average molecular weight is 230 g/mol. The quantitative estimate of drug-likeness (QED) is 0.581. The summed E-state index contributed by atoms with van der Waals surface area (Å²) in [5.41, 5.74) is 0. The third-order valence-electron chi connectivity index (χ3n) is 2.79. The summed E-state index contributed by atoms with van der Waals surface area (Å²) in [6.45, 7) is 13.7. The fourth-order valence-corrected chi connectivity index (χ4v) is 1.63. The van der Waals surface area contributed by atoms with Gasteiger partial charge in [-0.2, -0.15) is 0 Å². The smallest absolute Gasteiger partial charge is 0.0593 e. The Morgan fingerprint density at radius 1 is 1.25 bits per heavy atom. The third-order valence-corrected chi connectivity index (χ3v) is 2.79. The van der Waals surface area contributed by atoms with E-state index in [0.29, 0.717) is 12.0 Å². The summed E-state index contributed by atoms with van der Waals surface area (Å²) in [6.07, 6.45) is 1.20. The fourth-order valence-electron chi connectivity index (χ4n) is 1.63. The van der Waals surface area contributed by atoms with E-state index in [2.05, 4.69) is 38.0 Å². The normalized spacial score (nSPS) is 13.7. The van der Waals surface area contributed by atoms with Crippen LogP contribution in [0.1, 0.15) is 34.1 Å². The van der Waals surface area contributed by atoms with Crippen molar-refractivity contribution in [1.29, 1.82) is 0 Å². The van der Waals surface area contributed by atoms with E-state index in [-0.39, 0.29) is 0 Å². The summed E-state index contributed by atoms with van der Waals surface area (Å²) in [4.78, 5) is 2.35. The highest BCUT2D eigenvalue weighted by Crippen LogP contribution is 2.03. The number of likely N-dealkylation sites (N-methyl/N-ethyl adjacent to an activating group) is 1. The van der Waals surface area contributed by atoms with Gasteiger partial charge in [-0.05, 0) is 32.9 Å². The topological polar surface area (TPSA) is 24.5 Å². The summed E-state index contributed by atoms with van der Waals surface area (Å²) in [5, 5.41) is 3.61. The van der Waals surface area contributed by atoms with Gasteiger partial charge in [-0.3, -0.25) is 0 Å². The fraction of sp³-hybridized carbons (Fsp3) is 1.00. The number of nitrogens with one attached hydrogen (secondary N) is 1. The highest BCUT2D eigenvalue weighted by atomic mass is 16.5. The molecule has 0 aliphatic heterocycles. The predicted octanol–water partition coefficient (Wildman–Crippen LogP) is 1.98. The van der Waals surface area contributed by atoms with Crippen molar-refractivity contribution >= 4 is 0 Å². The van der Waals surface area contributed by atoms with Crippen molar-refractivity contribution in [3.63, 3.8) is 0 Å². The highest BCUT2D eigenvalue weighted by molar-refractivity contribution is 4.73. The molecule has 0 aromatic rings. The van der Waals surface area contributed by atoms with Crippen molar-refractivity contribution < 1.29 is 4.74 Å². The lowest BCUT2D eigenvalue weighted by atomic mass is 10.0. The van der Waals surface area contributed by atoms with Crippen LogP contribution in [0.5, 0.6) is 0 Å². The van der Waals surface area contributed by atoms with Crippen LogP contribution >= 0.6 is 0 Å². The van der Waals surface area contributed by atoms with Crippen molar-refractivity contribution in [2.24, 2.45) is 5.92 Å². The molecule has 16 heavy (non-hydrogen) atoms. The lowest BCUT2D eigenvalue weighted by molar-refractivity contribution is 0.116. The summed E-state index contributed by atoms with van der Waals surface area (Å²) >= 11 is 0. The van der Waals surface area contributed by atoms with Gasteiger partial charge in [-0.1, -0.05) is 20.8 Å². The molecular weight excluding hydrogens is 200 g/mol. The van der Waals surface area contributed by atoms with Gasteiger partial charge in [-0.25, -0.2) is 0 Å². The van der Waals surface area contributed by atoms with E-state index >= 15 is 0 Å². The maximum absolute atomic E-state index is 5.37. The SMILES string of the molecule is CCCNC(CN(C)CCOCC)C(C)C. The monoisotopic (exact) mass is 230 g/mol. The summed E-state index contributed by atoms with van der Waals surface area (Å²) in [7, 11) is 2.17. The van der Waals surface area contributed by atoms with Crippen LogP contribution in [-0.2, 0) is 4.74 Å². The number of hydrogen-bond acceptors (Lipinski definition) is 3. The first-order valence-electron chi connectivity index (χ1n) is 6.61. The molecule has 0 saturated heterocycles. The van der Waals surface area contributed by atoms with Crippen LogP contribution in [0.15, 0.2) is 0 Å². The molecule has 0 rings (SSSR count). The van der Waals surface area contributed by atoms with Crippen LogP contribution in [0, 0.1) is 5.92 Å². The number of hydrogen-bond donors (Lipinski definition) is 1. The van der Waals surface area contributed by atoms with E-state index in [4.69, 9.17) is 4.74 Å². The molecule has 0 aromatic heterocycles. The molecule has 0 aliphatic carbocycles. The van der Waals surface area contributed by atoms with Crippen molar-refractivity contribution in [1.82, 2.24) is 10.2 Å². The molecule has 0 aromatic carbocycles. The highest BCUT2D eigenvalue weighted by Gasteiger charge is 2.14. The van der Waals surface area contributed by atoms with Gasteiger partial charge in [0.1, 0.15) is 0 Å². The minimum Gasteiger partial charge on any atom is -0.380 e. The van der Waals surface area contributed by atoms with E-state index in [0.717, 1.165) is 32.8 Å². The molecule has 0 heterocycles. The minimum absolute atomic E-state index is 0.589. The number of ether oxygens (including phenoxy) is 1. The Balaban J connectivity index is 3.78. The molecule has 0 spiro atoms. The van der Waals surface area contributed by atoms with Gasteiger partial charge in [0.2, 0.25) is 0 Å². The minimum atomic E-state index is 0.589. The molecule has 98 valence electrons. The molecular formula is C13H30N2O. The maximum atomic E-state index is 5.37. The summed E-state index contributed by atoms with van der Waals surface area (Å²) < 4.78 is 5.37. The van der Waals surface area contributed by atoms with E-state index in [9.17, 15) is 0 Å². The predicted molar refractivity (Wildman–Crippen MR) is 70.9 cm³/mol. The molecule has 0 radical (unpaired) electrons. The van der Waals surface area contributed by atoms with E-state index in [1.165, 1.54) is 6.42 Å². The van der Waals surface area contributed by atoms with Gasteiger partial charge < -0.3 is 15.0 Å². The second-order valence-corrected chi connectivity index (χ2v) is 4.76. The van der Waals surface area contributed by atoms with Crippen molar-refractivity contribution in [2.75, 3.05) is 39.9 Å². The van der Waals surface area contributed by atoms with Gasteiger partial charge in [-0.15, -0.1) is 0 Å². The Hall–Kier alpha value is -0.120. The summed E-state index contributed by atoms with van der Waals surface area (Å²) in [5.74, 6) is 0.682. The van der Waals surface area contributed by atoms with Gasteiger partial charge in [0.05, 0.1) is 6.61 Å². The first-order chi connectivity index (χ1) is 7.61. The van der Waals surface area contributed by atoms with Crippen molar-refractivity contribution in [3.05, 3.63) is 0 Å². The maximum Gasteiger partial charge on any atom is 0.0593 e. The first kappa shape index (κ1) is 15.9. The Morgan fingerprint density at radius 3 is 2.44 bits per heavy atom. The summed E-state index contributed by atoms with van der Waals surface area (Å²) in [6, 6.07) is 0.589. The lowest BCUT2D eigenvalue weighted by Crippen LogP contribution is -2.44. The van der Waals surface area contributed by atoms with Crippen LogP contribution in [0.2, 0.25) is 0 Å². The molecule has 3 heteroatoms.